The lowest BCUT2D eigenvalue weighted by Gasteiger charge is -2.04. The Labute approximate surface area is 135 Å². The van der Waals surface area contributed by atoms with Crippen LogP contribution in [0.15, 0.2) is 35.9 Å². The Morgan fingerprint density at radius 1 is 1.50 bits per heavy atom. The molecule has 0 fully saturated rings. The van der Waals surface area contributed by atoms with E-state index in [1.54, 1.807) is 6.08 Å². The third-order valence-electron chi connectivity index (χ3n) is 3.11. The van der Waals surface area contributed by atoms with E-state index in [2.05, 4.69) is 4.98 Å². The van der Waals surface area contributed by atoms with Gasteiger partial charge in [-0.2, -0.15) is 0 Å². The van der Waals surface area contributed by atoms with E-state index in [4.69, 9.17) is 16.3 Å². The predicted octanol–water partition coefficient (Wildman–Crippen LogP) is 3.66. The molecule has 0 radical (unpaired) electrons. The van der Waals surface area contributed by atoms with Crippen LogP contribution in [-0.2, 0) is 0 Å². The van der Waals surface area contributed by atoms with Crippen LogP contribution in [0.4, 0.5) is 0 Å². The monoisotopic (exact) mass is 334 g/mol. The fraction of sp³-hybridized carbons (Fsp3) is 0.0667. The molecule has 22 heavy (non-hydrogen) atoms. The Kier molecular flexibility index (Phi) is 3.87. The zero-order chi connectivity index (χ0) is 15.7. The quantitative estimate of drug-likeness (QED) is 0.584. The van der Waals surface area contributed by atoms with Crippen molar-refractivity contribution in [1.82, 2.24) is 9.38 Å². The third kappa shape index (κ3) is 2.58. The molecule has 0 aliphatic rings. The van der Waals surface area contributed by atoms with Gasteiger partial charge in [0.1, 0.15) is 0 Å². The highest BCUT2D eigenvalue weighted by atomic mass is 35.5. The number of hydrogen-bond acceptors (Lipinski definition) is 5. The molecule has 0 saturated heterocycles. The Balaban J connectivity index is 1.90. The summed E-state index contributed by atoms with van der Waals surface area (Å²) in [6.07, 6.45) is 4.88. The van der Waals surface area contributed by atoms with Gasteiger partial charge in [-0.05, 0) is 30.4 Å². The van der Waals surface area contributed by atoms with Gasteiger partial charge in [0.25, 0.3) is 0 Å². The van der Waals surface area contributed by atoms with Crippen LogP contribution in [0.1, 0.15) is 16.1 Å². The molecule has 0 aliphatic carbocycles. The number of carbonyl (C=O) groups is 1. The van der Waals surface area contributed by atoms with Crippen molar-refractivity contribution < 1.29 is 14.6 Å². The molecule has 0 atom stereocenters. The first kappa shape index (κ1) is 14.6. The normalized spacial score (nSPS) is 11.4. The average Bonchev–Trinajstić information content (AvgIpc) is 3.06. The first-order chi connectivity index (χ1) is 10.6. The smallest absolute Gasteiger partial charge is 0.195 e. The lowest BCUT2D eigenvalue weighted by atomic mass is 10.1. The van der Waals surface area contributed by atoms with E-state index >= 15 is 0 Å². The van der Waals surface area contributed by atoms with Crippen molar-refractivity contribution >= 4 is 39.8 Å². The molecule has 0 unspecified atom stereocenters. The number of fused-ring (bicyclic) bond motifs is 1. The van der Waals surface area contributed by atoms with Gasteiger partial charge in [-0.3, -0.25) is 9.20 Å². The van der Waals surface area contributed by atoms with E-state index in [1.807, 2.05) is 16.0 Å². The van der Waals surface area contributed by atoms with Crippen LogP contribution in [-0.4, -0.2) is 27.4 Å². The molecular weight excluding hydrogens is 324 g/mol. The first-order valence-corrected chi connectivity index (χ1v) is 7.56. The second-order valence-electron chi connectivity index (χ2n) is 4.43. The maximum Gasteiger partial charge on any atom is 0.195 e. The number of aromatic nitrogens is 2. The van der Waals surface area contributed by atoms with Crippen molar-refractivity contribution in [2.24, 2.45) is 0 Å². The van der Waals surface area contributed by atoms with Gasteiger partial charge in [0.2, 0.25) is 0 Å². The minimum absolute atomic E-state index is 0.0122. The Morgan fingerprint density at radius 2 is 2.32 bits per heavy atom. The number of ketones is 1. The molecule has 3 aromatic rings. The molecule has 3 rings (SSSR count). The zero-order valence-corrected chi connectivity index (χ0v) is 13.1. The van der Waals surface area contributed by atoms with Gasteiger partial charge in [-0.1, -0.05) is 11.6 Å². The molecular formula is C15H11ClN2O3S. The maximum atomic E-state index is 12.2. The minimum Gasteiger partial charge on any atom is -0.504 e. The summed E-state index contributed by atoms with van der Waals surface area (Å²) in [6, 6.07) is 4.44. The topological polar surface area (TPSA) is 63.8 Å². The number of rotatable bonds is 4. The SMILES string of the molecule is COc1cc(C(=O)/C=C/c2c(Cl)nc3sccn23)ccc1O. The van der Waals surface area contributed by atoms with E-state index in [0.717, 1.165) is 4.96 Å². The van der Waals surface area contributed by atoms with E-state index in [0.29, 0.717) is 16.4 Å². The lowest BCUT2D eigenvalue weighted by Crippen LogP contribution is -1.95. The number of imidazole rings is 1. The number of benzene rings is 1. The molecule has 0 aliphatic heterocycles. The van der Waals surface area contributed by atoms with E-state index in [1.165, 1.54) is 42.7 Å². The molecule has 0 amide bonds. The van der Waals surface area contributed by atoms with Gasteiger partial charge >= 0.3 is 0 Å². The van der Waals surface area contributed by atoms with Crippen molar-refractivity contribution in [3.8, 4) is 11.5 Å². The molecule has 112 valence electrons. The maximum absolute atomic E-state index is 12.2. The molecule has 2 aromatic heterocycles. The summed E-state index contributed by atoms with van der Waals surface area (Å²) >= 11 is 7.53. The largest absolute Gasteiger partial charge is 0.504 e. The second-order valence-corrected chi connectivity index (χ2v) is 5.66. The lowest BCUT2D eigenvalue weighted by molar-refractivity contribution is 0.104. The van der Waals surface area contributed by atoms with Gasteiger partial charge in [-0.25, -0.2) is 4.98 Å². The van der Waals surface area contributed by atoms with Crippen LogP contribution in [0.3, 0.4) is 0 Å². The van der Waals surface area contributed by atoms with Crippen LogP contribution < -0.4 is 4.74 Å². The summed E-state index contributed by atoms with van der Waals surface area (Å²) in [5.74, 6) is 0.0169. The Morgan fingerprint density at radius 3 is 3.09 bits per heavy atom. The molecule has 0 spiro atoms. The summed E-state index contributed by atoms with van der Waals surface area (Å²) in [5, 5.41) is 11.8. The average molecular weight is 335 g/mol. The highest BCUT2D eigenvalue weighted by Gasteiger charge is 2.10. The van der Waals surface area contributed by atoms with Crippen LogP contribution in [0.5, 0.6) is 11.5 Å². The van der Waals surface area contributed by atoms with E-state index < -0.39 is 0 Å². The minimum atomic E-state index is -0.223. The molecule has 0 bridgehead atoms. The van der Waals surface area contributed by atoms with E-state index in [9.17, 15) is 9.90 Å². The Bertz CT molecular complexity index is 882. The molecule has 7 heteroatoms. The number of carbonyl (C=O) groups excluding carboxylic acids is 1. The van der Waals surface area contributed by atoms with Crippen LogP contribution in [0.25, 0.3) is 11.0 Å². The number of phenols is 1. The van der Waals surface area contributed by atoms with Crippen LogP contribution >= 0.6 is 22.9 Å². The molecule has 1 aromatic carbocycles. The fourth-order valence-corrected chi connectivity index (χ4v) is 3.01. The van der Waals surface area contributed by atoms with Crippen LogP contribution in [0, 0.1) is 0 Å². The van der Waals surface area contributed by atoms with Gasteiger partial charge in [0.15, 0.2) is 27.4 Å². The fourth-order valence-electron chi connectivity index (χ4n) is 2.01. The van der Waals surface area contributed by atoms with Crippen molar-refractivity contribution in [2.75, 3.05) is 7.11 Å². The number of thiazole rings is 1. The number of aromatic hydroxyl groups is 1. The highest BCUT2D eigenvalue weighted by molar-refractivity contribution is 7.15. The number of ether oxygens (including phenoxy) is 1. The van der Waals surface area contributed by atoms with Crippen molar-refractivity contribution in [1.29, 1.82) is 0 Å². The number of halogens is 1. The number of nitrogens with zero attached hydrogens (tertiary/aromatic N) is 2. The second kappa shape index (κ2) is 5.82. The summed E-state index contributed by atoms with van der Waals surface area (Å²) in [5.41, 5.74) is 1.06. The molecule has 2 heterocycles. The van der Waals surface area contributed by atoms with Crippen molar-refractivity contribution in [2.45, 2.75) is 0 Å². The van der Waals surface area contributed by atoms with Crippen molar-refractivity contribution in [3.05, 3.63) is 52.3 Å². The number of hydrogen-bond donors (Lipinski definition) is 1. The van der Waals surface area contributed by atoms with Gasteiger partial charge in [0.05, 0.1) is 12.8 Å². The summed E-state index contributed by atoms with van der Waals surface area (Å²) in [6.45, 7) is 0. The van der Waals surface area contributed by atoms with Gasteiger partial charge in [0, 0.05) is 17.1 Å². The van der Waals surface area contributed by atoms with Gasteiger partial charge < -0.3 is 9.84 Å². The zero-order valence-electron chi connectivity index (χ0n) is 11.5. The predicted molar refractivity (Wildman–Crippen MR) is 86.1 cm³/mol. The first-order valence-electron chi connectivity index (χ1n) is 6.30. The number of phenolic OH excluding ortho intramolecular Hbond substituents is 1. The molecule has 1 N–H and O–H groups in total. The van der Waals surface area contributed by atoms with E-state index in [-0.39, 0.29) is 17.3 Å². The number of methoxy groups -OCH3 is 1. The molecule has 5 nitrogen and oxygen atoms in total. The Hall–Kier alpha value is -2.31. The summed E-state index contributed by atoms with van der Waals surface area (Å²) < 4.78 is 6.81. The van der Waals surface area contributed by atoms with Crippen molar-refractivity contribution in [3.63, 3.8) is 0 Å². The van der Waals surface area contributed by atoms with Gasteiger partial charge in [-0.15, -0.1) is 11.3 Å². The van der Waals surface area contributed by atoms with Crippen LogP contribution in [0.2, 0.25) is 5.15 Å². The summed E-state index contributed by atoms with van der Waals surface area (Å²) in [4.78, 5) is 17.2. The third-order valence-corrected chi connectivity index (χ3v) is 4.15. The highest BCUT2D eigenvalue weighted by Crippen LogP contribution is 2.27. The molecule has 0 saturated carbocycles. The summed E-state index contributed by atoms with van der Waals surface area (Å²) in [7, 11) is 1.43. The standard InChI is InChI=1S/C15H11ClN2O3S/c1-21-13-8-9(2-4-12(13)20)11(19)5-3-10-14(16)17-15-18(10)6-7-22-15/h2-8,20H,1H3/b5-3+. The number of allylic oxidation sites excluding steroid dienone is 1.